The molecule has 1 aromatic carbocycles. The SMILES string of the molecule is O=C(O)c1ccc2c(c1)ncn2-c1nc(=NC2CC2)n2ncc(=Cc3[nH]c(=O)[nH]c3O)c2n1. The average molecular weight is 445 g/mol. The number of aromatic carboxylic acids is 1. The highest BCUT2D eigenvalue weighted by Gasteiger charge is 2.21. The summed E-state index contributed by atoms with van der Waals surface area (Å²) in [6.07, 6.45) is 6.52. The van der Waals surface area contributed by atoms with Crippen LogP contribution in [0.25, 0.3) is 28.7 Å². The van der Waals surface area contributed by atoms with Gasteiger partial charge in [0.15, 0.2) is 5.65 Å². The molecular formula is C20H15N9O4. The third-order valence-corrected chi connectivity index (χ3v) is 5.26. The quantitative estimate of drug-likeness (QED) is 0.286. The third kappa shape index (κ3) is 3.22. The Morgan fingerprint density at radius 1 is 1.24 bits per heavy atom. The molecule has 1 aliphatic carbocycles. The lowest BCUT2D eigenvalue weighted by Crippen LogP contribution is -2.25. The molecule has 4 N–H and O–H groups in total. The van der Waals surface area contributed by atoms with Crippen molar-refractivity contribution in [3.05, 3.63) is 63.3 Å². The summed E-state index contributed by atoms with van der Waals surface area (Å²) in [7, 11) is 0. The van der Waals surface area contributed by atoms with Crippen LogP contribution in [0.2, 0.25) is 0 Å². The lowest BCUT2D eigenvalue weighted by molar-refractivity contribution is 0.0697. The standard InChI is InChI=1S/C20H15N9O4/c30-16-13(24-20(33)26-16)6-10-7-22-29-15(10)25-18(27-19(29)23-11-2-3-11)28-8-21-12-5-9(17(31)32)1-4-14(12)28/h1,4-8,11,30H,2-3H2,(H,31,32)(H2,24,26,33). The van der Waals surface area contributed by atoms with Crippen LogP contribution < -0.4 is 16.5 Å². The molecule has 4 heterocycles. The predicted octanol–water partition coefficient (Wildman–Crippen LogP) is -0.506. The number of carboxylic acid groups (broad SMARTS) is 1. The summed E-state index contributed by atoms with van der Waals surface area (Å²) in [4.78, 5) is 45.7. The van der Waals surface area contributed by atoms with Gasteiger partial charge in [-0.05, 0) is 37.1 Å². The first-order chi connectivity index (χ1) is 16.0. The fourth-order valence-corrected chi connectivity index (χ4v) is 3.48. The number of hydrogen-bond donors (Lipinski definition) is 4. The van der Waals surface area contributed by atoms with Crippen molar-refractivity contribution in [1.29, 1.82) is 0 Å². The molecule has 0 spiro atoms. The van der Waals surface area contributed by atoms with E-state index in [4.69, 9.17) is 0 Å². The van der Waals surface area contributed by atoms with Crippen molar-refractivity contribution in [2.75, 3.05) is 0 Å². The van der Waals surface area contributed by atoms with Crippen molar-refractivity contribution < 1.29 is 15.0 Å². The maximum Gasteiger partial charge on any atom is 0.335 e. The van der Waals surface area contributed by atoms with Gasteiger partial charge >= 0.3 is 11.7 Å². The molecule has 13 nitrogen and oxygen atoms in total. The maximum absolute atomic E-state index is 11.5. The van der Waals surface area contributed by atoms with E-state index in [0.717, 1.165) is 12.8 Å². The van der Waals surface area contributed by atoms with Crippen molar-refractivity contribution in [3.63, 3.8) is 0 Å². The number of fused-ring (bicyclic) bond motifs is 2. The van der Waals surface area contributed by atoms with E-state index in [2.05, 4.69) is 35.0 Å². The Kier molecular flexibility index (Phi) is 3.93. The highest BCUT2D eigenvalue weighted by Crippen LogP contribution is 2.22. The van der Waals surface area contributed by atoms with Crippen LogP contribution in [0.3, 0.4) is 0 Å². The highest BCUT2D eigenvalue weighted by atomic mass is 16.4. The zero-order chi connectivity index (χ0) is 22.7. The molecule has 1 aliphatic rings. The van der Waals surface area contributed by atoms with Crippen molar-refractivity contribution >= 4 is 28.7 Å². The Morgan fingerprint density at radius 2 is 2.09 bits per heavy atom. The first-order valence-corrected chi connectivity index (χ1v) is 9.99. The third-order valence-electron chi connectivity index (χ3n) is 5.26. The fraction of sp³-hybridized carbons (Fsp3) is 0.150. The summed E-state index contributed by atoms with van der Waals surface area (Å²) in [5, 5.41) is 24.0. The Bertz CT molecular complexity index is 1750. The van der Waals surface area contributed by atoms with Crippen molar-refractivity contribution in [2.45, 2.75) is 18.9 Å². The first kappa shape index (κ1) is 18.9. The van der Waals surface area contributed by atoms with E-state index in [1.54, 1.807) is 16.7 Å². The lowest BCUT2D eigenvalue weighted by Gasteiger charge is -2.04. The molecule has 1 fully saturated rings. The van der Waals surface area contributed by atoms with Crippen LogP contribution >= 0.6 is 0 Å². The van der Waals surface area contributed by atoms with Crippen LogP contribution in [0, 0.1) is 0 Å². The number of rotatable bonds is 4. The molecule has 0 aliphatic heterocycles. The smallest absolute Gasteiger partial charge is 0.335 e. The van der Waals surface area contributed by atoms with E-state index in [1.807, 2.05) is 0 Å². The van der Waals surface area contributed by atoms with Gasteiger partial charge in [-0.1, -0.05) is 0 Å². The minimum absolute atomic E-state index is 0.126. The van der Waals surface area contributed by atoms with Crippen molar-refractivity contribution in [3.8, 4) is 11.8 Å². The largest absolute Gasteiger partial charge is 0.493 e. The number of carbonyl (C=O) groups is 1. The van der Waals surface area contributed by atoms with Gasteiger partial charge in [0.25, 0.3) is 5.62 Å². The number of aromatic hydroxyl groups is 1. The zero-order valence-corrected chi connectivity index (χ0v) is 16.8. The molecule has 0 amide bonds. The topological polar surface area (TPSA) is 179 Å². The summed E-state index contributed by atoms with van der Waals surface area (Å²) >= 11 is 0. The highest BCUT2D eigenvalue weighted by molar-refractivity contribution is 5.92. The summed E-state index contributed by atoms with van der Waals surface area (Å²) in [6.45, 7) is 0. The number of nitrogens with zero attached hydrogens (tertiary/aromatic N) is 7. The molecule has 0 atom stereocenters. The van der Waals surface area contributed by atoms with Crippen LogP contribution in [0.4, 0.5) is 0 Å². The molecule has 164 valence electrons. The van der Waals surface area contributed by atoms with E-state index in [-0.39, 0.29) is 29.1 Å². The second-order valence-corrected chi connectivity index (χ2v) is 7.63. The molecule has 13 heteroatoms. The Balaban J connectivity index is 1.60. The summed E-state index contributed by atoms with van der Waals surface area (Å²) in [5.74, 6) is -1.07. The van der Waals surface area contributed by atoms with Crippen LogP contribution in [-0.4, -0.2) is 61.3 Å². The number of carboxylic acids is 1. The minimum Gasteiger partial charge on any atom is -0.493 e. The number of H-pyrrole nitrogens is 2. The lowest BCUT2D eigenvalue weighted by atomic mass is 10.2. The molecular weight excluding hydrogens is 430 g/mol. The van der Waals surface area contributed by atoms with Gasteiger partial charge in [-0.25, -0.2) is 19.6 Å². The Morgan fingerprint density at radius 3 is 2.82 bits per heavy atom. The molecule has 6 rings (SSSR count). The molecule has 1 saturated carbocycles. The van der Waals surface area contributed by atoms with E-state index in [0.29, 0.717) is 27.5 Å². The van der Waals surface area contributed by atoms with Crippen LogP contribution in [0.5, 0.6) is 5.88 Å². The Hall–Kier alpha value is -4.81. The number of nitrogens with one attached hydrogen (secondary N) is 2. The van der Waals surface area contributed by atoms with Crippen LogP contribution in [-0.2, 0) is 0 Å². The van der Waals surface area contributed by atoms with E-state index in [1.165, 1.54) is 29.2 Å². The molecule has 0 saturated heterocycles. The number of benzene rings is 1. The van der Waals surface area contributed by atoms with E-state index < -0.39 is 11.7 Å². The number of aromatic nitrogens is 8. The number of imidazole rings is 2. The molecule has 5 aromatic rings. The zero-order valence-electron chi connectivity index (χ0n) is 16.8. The molecule has 0 bridgehead atoms. The number of aromatic amines is 2. The van der Waals surface area contributed by atoms with Crippen LogP contribution in [0.15, 0.2) is 40.5 Å². The van der Waals surface area contributed by atoms with Gasteiger partial charge in [0, 0.05) is 5.22 Å². The van der Waals surface area contributed by atoms with Gasteiger partial charge < -0.3 is 15.2 Å². The van der Waals surface area contributed by atoms with E-state index in [9.17, 15) is 19.8 Å². The second kappa shape index (κ2) is 6.85. The van der Waals surface area contributed by atoms with Crippen molar-refractivity contribution in [1.82, 2.24) is 39.1 Å². The maximum atomic E-state index is 11.5. The number of hydrogen-bond acceptors (Lipinski definition) is 8. The molecule has 4 aromatic heterocycles. The Labute approximate surface area is 182 Å². The first-order valence-electron chi connectivity index (χ1n) is 9.99. The van der Waals surface area contributed by atoms with Gasteiger partial charge in [0.1, 0.15) is 12.0 Å². The van der Waals surface area contributed by atoms with Gasteiger partial charge in [-0.3, -0.25) is 9.55 Å². The van der Waals surface area contributed by atoms with Gasteiger partial charge in [0.2, 0.25) is 11.8 Å². The predicted molar refractivity (Wildman–Crippen MR) is 113 cm³/mol. The van der Waals surface area contributed by atoms with E-state index >= 15 is 0 Å². The summed E-state index contributed by atoms with van der Waals surface area (Å²) in [6, 6.07) is 4.77. The second-order valence-electron chi connectivity index (χ2n) is 7.63. The van der Waals surface area contributed by atoms with Crippen molar-refractivity contribution in [2.24, 2.45) is 4.99 Å². The van der Waals surface area contributed by atoms with Gasteiger partial charge in [-0.15, -0.1) is 0 Å². The molecule has 0 radical (unpaired) electrons. The average Bonchev–Trinajstić information content (AvgIpc) is 3.21. The monoisotopic (exact) mass is 445 g/mol. The molecule has 33 heavy (non-hydrogen) atoms. The molecule has 0 unspecified atom stereocenters. The summed E-state index contributed by atoms with van der Waals surface area (Å²) in [5.41, 5.74) is 1.64. The van der Waals surface area contributed by atoms with Gasteiger partial charge in [-0.2, -0.15) is 19.6 Å². The van der Waals surface area contributed by atoms with Crippen LogP contribution in [0.1, 0.15) is 28.9 Å². The van der Waals surface area contributed by atoms with Gasteiger partial charge in [0.05, 0.1) is 28.8 Å². The fourth-order valence-electron chi connectivity index (χ4n) is 3.48. The summed E-state index contributed by atoms with van der Waals surface area (Å²) < 4.78 is 3.14. The normalized spacial score (nSPS) is 15.2. The minimum atomic E-state index is -1.04.